The summed E-state index contributed by atoms with van der Waals surface area (Å²) < 4.78 is 13.1. The molecule has 5 heteroatoms. The summed E-state index contributed by atoms with van der Waals surface area (Å²) in [7, 11) is 0. The number of carbonyl (C=O) groups excluding carboxylic acids is 2. The molecule has 4 nitrogen and oxygen atoms in total. The molecular formula is C22H17FN2O2. The van der Waals surface area contributed by atoms with Crippen LogP contribution in [-0.4, -0.2) is 18.4 Å². The summed E-state index contributed by atoms with van der Waals surface area (Å²) in [5.41, 5.74) is 4.20. The van der Waals surface area contributed by atoms with Gasteiger partial charge in [-0.3, -0.25) is 9.59 Å². The molecule has 4 rings (SSSR count). The molecule has 1 heterocycles. The van der Waals surface area contributed by atoms with Crippen LogP contribution in [0.4, 0.5) is 10.1 Å². The number of amides is 2. The smallest absolute Gasteiger partial charge is 0.255 e. The van der Waals surface area contributed by atoms with Crippen molar-refractivity contribution >= 4 is 17.5 Å². The summed E-state index contributed by atoms with van der Waals surface area (Å²) in [6, 6.07) is 18.8. The summed E-state index contributed by atoms with van der Waals surface area (Å²) in [6.45, 7) is 0.557. The van der Waals surface area contributed by atoms with E-state index in [4.69, 9.17) is 0 Å². The number of fused-ring (bicyclic) bond motifs is 1. The Labute approximate surface area is 156 Å². The van der Waals surface area contributed by atoms with E-state index in [1.807, 2.05) is 36.4 Å². The van der Waals surface area contributed by atoms with E-state index in [-0.39, 0.29) is 11.8 Å². The van der Waals surface area contributed by atoms with Gasteiger partial charge in [0.25, 0.3) is 11.8 Å². The lowest BCUT2D eigenvalue weighted by Gasteiger charge is -2.23. The molecule has 3 aromatic rings. The third-order valence-electron chi connectivity index (χ3n) is 4.64. The third-order valence-corrected chi connectivity index (χ3v) is 4.64. The van der Waals surface area contributed by atoms with Crippen molar-refractivity contribution in [2.45, 2.75) is 6.42 Å². The monoisotopic (exact) mass is 360 g/mol. The van der Waals surface area contributed by atoms with Gasteiger partial charge in [0.2, 0.25) is 0 Å². The Balaban J connectivity index is 1.75. The van der Waals surface area contributed by atoms with Gasteiger partial charge >= 0.3 is 0 Å². The molecule has 0 saturated heterocycles. The van der Waals surface area contributed by atoms with Crippen molar-refractivity contribution in [1.29, 1.82) is 0 Å². The van der Waals surface area contributed by atoms with E-state index in [1.54, 1.807) is 6.07 Å². The van der Waals surface area contributed by atoms with Crippen molar-refractivity contribution in [2.75, 3.05) is 11.9 Å². The van der Waals surface area contributed by atoms with Crippen LogP contribution >= 0.6 is 0 Å². The third kappa shape index (κ3) is 3.31. The van der Waals surface area contributed by atoms with E-state index >= 15 is 0 Å². The number of hydrogen-bond donors (Lipinski definition) is 2. The minimum atomic E-state index is -0.407. The molecule has 0 bridgehead atoms. The molecule has 0 aliphatic carbocycles. The van der Waals surface area contributed by atoms with Crippen LogP contribution in [0.15, 0.2) is 66.7 Å². The van der Waals surface area contributed by atoms with Gasteiger partial charge in [-0.1, -0.05) is 36.4 Å². The zero-order valence-corrected chi connectivity index (χ0v) is 14.5. The summed E-state index contributed by atoms with van der Waals surface area (Å²) >= 11 is 0. The Bertz CT molecular complexity index is 1010. The van der Waals surface area contributed by atoms with E-state index < -0.39 is 5.82 Å². The number of anilines is 1. The van der Waals surface area contributed by atoms with Crippen LogP contribution in [-0.2, 0) is 6.42 Å². The van der Waals surface area contributed by atoms with E-state index in [0.29, 0.717) is 29.8 Å². The molecule has 0 spiro atoms. The number of carbonyl (C=O) groups is 2. The predicted molar refractivity (Wildman–Crippen MR) is 102 cm³/mol. The van der Waals surface area contributed by atoms with Crippen LogP contribution in [0.25, 0.3) is 11.1 Å². The lowest BCUT2D eigenvalue weighted by atomic mass is 9.89. The van der Waals surface area contributed by atoms with Gasteiger partial charge in [0.1, 0.15) is 5.82 Å². The molecular weight excluding hydrogens is 343 g/mol. The topological polar surface area (TPSA) is 58.2 Å². The second-order valence-electron chi connectivity index (χ2n) is 6.35. The molecule has 0 unspecified atom stereocenters. The van der Waals surface area contributed by atoms with Crippen molar-refractivity contribution in [3.05, 3.63) is 89.2 Å². The average Bonchev–Trinajstić information content (AvgIpc) is 2.69. The van der Waals surface area contributed by atoms with Gasteiger partial charge in [0.05, 0.1) is 11.3 Å². The maximum Gasteiger partial charge on any atom is 0.255 e. The number of rotatable bonds is 3. The Morgan fingerprint density at radius 1 is 0.963 bits per heavy atom. The summed E-state index contributed by atoms with van der Waals surface area (Å²) in [4.78, 5) is 25.0. The van der Waals surface area contributed by atoms with Crippen molar-refractivity contribution in [2.24, 2.45) is 0 Å². The number of hydrogen-bond acceptors (Lipinski definition) is 2. The van der Waals surface area contributed by atoms with Crippen LogP contribution in [0.3, 0.4) is 0 Å². The molecule has 0 fully saturated rings. The van der Waals surface area contributed by atoms with Gasteiger partial charge in [-0.2, -0.15) is 0 Å². The van der Waals surface area contributed by atoms with Crippen molar-refractivity contribution in [1.82, 2.24) is 5.32 Å². The maximum absolute atomic E-state index is 13.1. The van der Waals surface area contributed by atoms with Gasteiger partial charge in [-0.15, -0.1) is 0 Å². The van der Waals surface area contributed by atoms with Gasteiger partial charge < -0.3 is 10.6 Å². The van der Waals surface area contributed by atoms with E-state index in [9.17, 15) is 14.0 Å². The molecule has 0 saturated carbocycles. The number of benzene rings is 3. The van der Waals surface area contributed by atoms with Crippen LogP contribution in [0.5, 0.6) is 0 Å². The quantitative estimate of drug-likeness (QED) is 0.741. The van der Waals surface area contributed by atoms with Crippen molar-refractivity contribution < 1.29 is 14.0 Å². The number of nitrogens with one attached hydrogen (secondary N) is 2. The molecule has 0 aromatic heterocycles. The lowest BCUT2D eigenvalue weighted by molar-refractivity contribution is 0.0947. The molecule has 1 aliphatic rings. The molecule has 27 heavy (non-hydrogen) atoms. The van der Waals surface area contributed by atoms with Crippen LogP contribution in [0, 0.1) is 5.82 Å². The highest BCUT2D eigenvalue weighted by atomic mass is 19.1. The lowest BCUT2D eigenvalue weighted by Crippen LogP contribution is -2.33. The first-order valence-electron chi connectivity index (χ1n) is 8.70. The first kappa shape index (κ1) is 17.0. The highest BCUT2D eigenvalue weighted by molar-refractivity contribution is 6.10. The largest absolute Gasteiger partial charge is 0.352 e. The molecule has 3 aromatic carbocycles. The van der Waals surface area contributed by atoms with Crippen LogP contribution < -0.4 is 10.6 Å². The number of halogens is 1. The summed E-state index contributed by atoms with van der Waals surface area (Å²) in [5.74, 6) is -0.998. The van der Waals surface area contributed by atoms with Gasteiger partial charge in [0, 0.05) is 12.1 Å². The second kappa shape index (κ2) is 7.03. The van der Waals surface area contributed by atoms with E-state index in [0.717, 1.165) is 16.7 Å². The summed E-state index contributed by atoms with van der Waals surface area (Å²) in [6.07, 6.45) is 0.686. The Morgan fingerprint density at radius 3 is 2.44 bits per heavy atom. The fraction of sp³-hybridized carbons (Fsp3) is 0.0909. The molecule has 1 aliphatic heterocycles. The Morgan fingerprint density at radius 2 is 1.70 bits per heavy atom. The molecule has 2 N–H and O–H groups in total. The van der Waals surface area contributed by atoms with Gasteiger partial charge in [0.15, 0.2) is 0 Å². The molecule has 0 atom stereocenters. The van der Waals surface area contributed by atoms with Gasteiger partial charge in [-0.25, -0.2) is 4.39 Å². The second-order valence-corrected chi connectivity index (χ2v) is 6.35. The SMILES string of the molecule is O=C(Nc1ccc(-c2ccccc2)c2c1C(=O)NCC2)c1ccc(F)cc1. The standard InChI is InChI=1S/C22H17FN2O2/c23-16-8-6-15(7-9-16)21(26)25-19-11-10-17(14-4-2-1-3-5-14)18-12-13-24-22(27)20(18)19/h1-11H,12-13H2,(H,24,27)(H,25,26). The fourth-order valence-electron chi connectivity index (χ4n) is 3.34. The zero-order valence-electron chi connectivity index (χ0n) is 14.5. The summed E-state index contributed by atoms with van der Waals surface area (Å²) in [5, 5.41) is 5.63. The van der Waals surface area contributed by atoms with Crippen LogP contribution in [0.1, 0.15) is 26.3 Å². The van der Waals surface area contributed by atoms with Gasteiger partial charge in [-0.05, 0) is 53.4 Å². The fourth-order valence-corrected chi connectivity index (χ4v) is 3.34. The first-order chi connectivity index (χ1) is 13.1. The van der Waals surface area contributed by atoms with Crippen molar-refractivity contribution in [3.63, 3.8) is 0 Å². The molecule has 2 amide bonds. The normalized spacial score (nSPS) is 12.9. The molecule has 134 valence electrons. The maximum atomic E-state index is 13.1. The van der Waals surface area contributed by atoms with Crippen LogP contribution in [0.2, 0.25) is 0 Å². The zero-order chi connectivity index (χ0) is 18.8. The van der Waals surface area contributed by atoms with E-state index in [1.165, 1.54) is 24.3 Å². The average molecular weight is 360 g/mol. The first-order valence-corrected chi connectivity index (χ1v) is 8.70. The Kier molecular flexibility index (Phi) is 4.42. The Hall–Kier alpha value is -3.47. The van der Waals surface area contributed by atoms with E-state index in [2.05, 4.69) is 10.6 Å². The minimum Gasteiger partial charge on any atom is -0.352 e. The molecule has 0 radical (unpaired) electrons. The predicted octanol–water partition coefficient (Wildman–Crippen LogP) is 4.03. The van der Waals surface area contributed by atoms with Crippen molar-refractivity contribution in [3.8, 4) is 11.1 Å². The highest BCUT2D eigenvalue weighted by Gasteiger charge is 2.24. The highest BCUT2D eigenvalue weighted by Crippen LogP contribution is 2.33. The minimum absolute atomic E-state index is 0.205.